The Hall–Kier alpha value is -2.79. The van der Waals surface area contributed by atoms with Gasteiger partial charge in [0.25, 0.3) is 10.0 Å². The van der Waals surface area contributed by atoms with Crippen LogP contribution >= 0.6 is 0 Å². The zero-order valence-electron chi connectivity index (χ0n) is 17.2. The molecule has 2 aromatic carbocycles. The molecule has 0 aliphatic rings. The molecule has 0 aliphatic carbocycles. The molecule has 1 N–H and O–H groups in total. The minimum absolute atomic E-state index is 0. The van der Waals surface area contributed by atoms with Crippen LogP contribution in [0.1, 0.15) is 11.3 Å². The summed E-state index contributed by atoms with van der Waals surface area (Å²) < 4.78 is 35.6. The first-order valence-corrected chi connectivity index (χ1v) is 10.5. The van der Waals surface area contributed by atoms with E-state index in [1.54, 1.807) is 38.2 Å². The predicted octanol–water partition coefficient (Wildman–Crippen LogP) is 1.16. The summed E-state index contributed by atoms with van der Waals surface area (Å²) in [7, 11) is -1.93. The van der Waals surface area contributed by atoms with Gasteiger partial charge in [-0.1, -0.05) is 47.6 Å². The molecular weight excluding hydrogens is 395 g/mol. The number of sulfonamides is 1. The summed E-state index contributed by atoms with van der Waals surface area (Å²) in [5.41, 5.74) is 3.63. The van der Waals surface area contributed by atoms with Crippen molar-refractivity contribution in [2.24, 2.45) is 7.05 Å². The molecular formula is C21H20LiN4O3S+. The summed E-state index contributed by atoms with van der Waals surface area (Å²) in [4.78, 5) is 4.51. The van der Waals surface area contributed by atoms with E-state index in [0.717, 1.165) is 17.0 Å². The molecule has 0 bridgehead atoms. The molecule has 4 rings (SSSR count). The van der Waals surface area contributed by atoms with Crippen molar-refractivity contribution in [2.45, 2.75) is 18.7 Å². The van der Waals surface area contributed by atoms with Crippen LogP contribution in [0.2, 0.25) is 0 Å². The van der Waals surface area contributed by atoms with Crippen molar-refractivity contribution < 1.29 is 31.8 Å². The molecule has 0 saturated heterocycles. The molecule has 0 saturated carbocycles. The van der Waals surface area contributed by atoms with Crippen molar-refractivity contribution >= 4 is 15.9 Å². The molecule has 30 heavy (non-hydrogen) atoms. The van der Waals surface area contributed by atoms with Crippen LogP contribution in [0.4, 0.5) is 5.88 Å². The average Bonchev–Trinajstić information content (AvgIpc) is 3.28. The second-order valence-electron chi connectivity index (χ2n) is 6.76. The van der Waals surface area contributed by atoms with Gasteiger partial charge in [-0.3, -0.25) is 0 Å². The molecule has 0 atom stereocenters. The summed E-state index contributed by atoms with van der Waals surface area (Å²) in [6.07, 6.45) is 3.62. The van der Waals surface area contributed by atoms with Gasteiger partial charge in [0.15, 0.2) is 0 Å². The number of hydrogen-bond donors (Lipinski definition) is 1. The molecule has 2 aromatic heterocycles. The van der Waals surface area contributed by atoms with Crippen molar-refractivity contribution in [3.05, 3.63) is 72.2 Å². The maximum atomic E-state index is 13.0. The quantitative estimate of drug-likeness (QED) is 0.494. The van der Waals surface area contributed by atoms with Crippen LogP contribution in [-0.2, 0) is 17.1 Å². The second kappa shape index (κ2) is 8.52. The van der Waals surface area contributed by atoms with Gasteiger partial charge in [-0.15, -0.1) is 0 Å². The first kappa shape index (κ1) is 21.9. The van der Waals surface area contributed by atoms with Crippen molar-refractivity contribution in [3.63, 3.8) is 0 Å². The fraction of sp³-hybridized carbons (Fsp3) is 0.143. The van der Waals surface area contributed by atoms with Crippen LogP contribution < -0.4 is 23.6 Å². The molecule has 7 nitrogen and oxygen atoms in total. The Kier molecular flexibility index (Phi) is 6.22. The van der Waals surface area contributed by atoms with Gasteiger partial charge in [0, 0.05) is 36.1 Å². The van der Waals surface area contributed by atoms with E-state index in [2.05, 4.69) is 14.9 Å². The first-order chi connectivity index (χ1) is 13.9. The summed E-state index contributed by atoms with van der Waals surface area (Å²) >= 11 is 0. The van der Waals surface area contributed by atoms with Gasteiger partial charge in [-0.2, -0.15) is 0 Å². The monoisotopic (exact) mass is 415 g/mol. The number of aryl methyl sites for hydroxylation is 2. The van der Waals surface area contributed by atoms with Crippen LogP contribution in [0, 0.1) is 13.8 Å². The molecule has 0 amide bonds. The number of imidazole rings is 1. The van der Waals surface area contributed by atoms with Crippen molar-refractivity contribution in [1.29, 1.82) is 0 Å². The van der Waals surface area contributed by atoms with Crippen LogP contribution in [0.5, 0.6) is 0 Å². The van der Waals surface area contributed by atoms with E-state index in [9.17, 15) is 8.42 Å². The smallest absolute Gasteiger partial charge is 0.337 e. The Balaban J connectivity index is 0.00000256. The number of aromatic nitrogens is 3. The van der Waals surface area contributed by atoms with E-state index >= 15 is 0 Å². The van der Waals surface area contributed by atoms with E-state index < -0.39 is 10.0 Å². The number of rotatable bonds is 5. The van der Waals surface area contributed by atoms with Gasteiger partial charge >= 0.3 is 18.9 Å². The van der Waals surface area contributed by atoms with Crippen molar-refractivity contribution in [2.75, 3.05) is 4.72 Å². The number of nitrogens with zero attached hydrogens (tertiary/aromatic N) is 3. The van der Waals surface area contributed by atoms with Gasteiger partial charge in [0.05, 0.1) is 10.6 Å². The van der Waals surface area contributed by atoms with Crippen LogP contribution in [0.15, 0.2) is 70.3 Å². The SMILES string of the molecule is Cc1noc(NS(=O)(=O)c2ccccc2-c2ccc(-c3nccn3C)cc2)c1C.[Li+]. The van der Waals surface area contributed by atoms with Crippen LogP contribution in [-0.4, -0.2) is 23.1 Å². The van der Waals surface area contributed by atoms with Crippen molar-refractivity contribution in [3.8, 4) is 22.5 Å². The van der Waals surface area contributed by atoms with Gasteiger partial charge in [0.2, 0.25) is 5.88 Å². The fourth-order valence-corrected chi connectivity index (χ4v) is 4.35. The Morgan fingerprint density at radius 2 is 1.67 bits per heavy atom. The summed E-state index contributed by atoms with van der Waals surface area (Å²) in [6.45, 7) is 3.51. The first-order valence-electron chi connectivity index (χ1n) is 8.99. The third-order valence-electron chi connectivity index (χ3n) is 4.84. The normalized spacial score (nSPS) is 11.2. The van der Waals surface area contributed by atoms with E-state index in [-0.39, 0.29) is 29.6 Å². The standard InChI is InChI=1S/C21H20N4O3S.Li/c1-14-15(2)23-28-21(14)24-29(26,27)19-7-5-4-6-18(19)16-8-10-17(11-9-16)20-22-12-13-25(20)3;/h4-13,24H,1-3H3;/q;+1. The Morgan fingerprint density at radius 3 is 2.27 bits per heavy atom. The van der Waals surface area contributed by atoms with Crippen molar-refractivity contribution in [1.82, 2.24) is 14.7 Å². The van der Waals surface area contributed by atoms with Gasteiger partial charge < -0.3 is 9.09 Å². The zero-order valence-corrected chi connectivity index (χ0v) is 18.1. The third-order valence-corrected chi connectivity index (χ3v) is 6.23. The molecule has 0 radical (unpaired) electrons. The Morgan fingerprint density at radius 1 is 1.00 bits per heavy atom. The summed E-state index contributed by atoms with van der Waals surface area (Å²) in [5, 5.41) is 3.81. The molecule has 9 heteroatoms. The minimum atomic E-state index is -3.86. The second-order valence-corrected chi connectivity index (χ2v) is 8.41. The van der Waals surface area contributed by atoms with Gasteiger partial charge in [-0.25, -0.2) is 18.1 Å². The maximum absolute atomic E-state index is 13.0. The van der Waals surface area contributed by atoms with Crippen LogP contribution in [0.3, 0.4) is 0 Å². The molecule has 148 valence electrons. The minimum Gasteiger partial charge on any atom is -0.337 e. The molecule has 0 unspecified atom stereocenters. The summed E-state index contributed by atoms with van der Waals surface area (Å²) in [6, 6.07) is 14.5. The maximum Gasteiger partial charge on any atom is 1.00 e. The van der Waals surface area contributed by atoms with Gasteiger partial charge in [-0.05, 0) is 25.5 Å². The number of hydrogen-bond acceptors (Lipinski definition) is 5. The summed E-state index contributed by atoms with van der Waals surface area (Å²) in [5.74, 6) is 0.970. The largest absolute Gasteiger partial charge is 1.00 e. The number of anilines is 1. The predicted molar refractivity (Wildman–Crippen MR) is 111 cm³/mol. The van der Waals surface area contributed by atoms with E-state index in [0.29, 0.717) is 16.8 Å². The fourth-order valence-electron chi connectivity index (χ4n) is 3.07. The topological polar surface area (TPSA) is 90.0 Å². The Bertz CT molecular complexity index is 1280. The Labute approximate surface area is 187 Å². The zero-order chi connectivity index (χ0) is 20.6. The van der Waals surface area contributed by atoms with E-state index in [1.165, 1.54) is 0 Å². The molecule has 0 fully saturated rings. The van der Waals surface area contributed by atoms with Gasteiger partial charge in [0.1, 0.15) is 5.82 Å². The molecule has 0 aliphatic heterocycles. The number of nitrogens with one attached hydrogen (secondary N) is 1. The third kappa shape index (κ3) is 4.07. The molecule has 0 spiro atoms. The van der Waals surface area contributed by atoms with Crippen LogP contribution in [0.25, 0.3) is 22.5 Å². The molecule has 4 aromatic rings. The average molecular weight is 415 g/mol. The molecule has 2 heterocycles. The van der Waals surface area contributed by atoms with E-state index in [4.69, 9.17) is 4.52 Å². The van der Waals surface area contributed by atoms with E-state index in [1.807, 2.05) is 48.1 Å². The number of benzene rings is 2.